The Bertz CT molecular complexity index is 261. The van der Waals surface area contributed by atoms with Crippen molar-refractivity contribution in [3.8, 4) is 0 Å². The van der Waals surface area contributed by atoms with Crippen molar-refractivity contribution in [2.75, 3.05) is 19.6 Å². The molecule has 1 aliphatic carbocycles. The monoisotopic (exact) mass is 223 g/mol. The van der Waals surface area contributed by atoms with Crippen molar-refractivity contribution < 1.29 is 5.11 Å². The molecule has 0 saturated carbocycles. The lowest BCUT2D eigenvalue weighted by atomic mass is 9.81. The highest BCUT2D eigenvalue weighted by molar-refractivity contribution is 5.19. The van der Waals surface area contributed by atoms with Gasteiger partial charge in [-0.1, -0.05) is 13.0 Å². The summed E-state index contributed by atoms with van der Waals surface area (Å²) in [5, 5.41) is 10.8. The summed E-state index contributed by atoms with van der Waals surface area (Å²) in [5.74, 6) is 0. The minimum atomic E-state index is -0.468. The number of allylic oxidation sites excluding steroid dienone is 1. The van der Waals surface area contributed by atoms with Gasteiger partial charge in [-0.3, -0.25) is 0 Å². The van der Waals surface area contributed by atoms with Crippen molar-refractivity contribution in [2.24, 2.45) is 0 Å². The van der Waals surface area contributed by atoms with Gasteiger partial charge >= 0.3 is 0 Å². The number of aliphatic hydroxyl groups is 1. The molecule has 92 valence electrons. The normalized spacial score (nSPS) is 33.2. The Hall–Kier alpha value is -0.340. The Morgan fingerprint density at radius 2 is 2.12 bits per heavy atom. The molecule has 0 radical (unpaired) electrons. The Morgan fingerprint density at radius 3 is 2.81 bits per heavy atom. The van der Waals surface area contributed by atoms with E-state index in [0.717, 1.165) is 45.3 Å². The van der Waals surface area contributed by atoms with E-state index in [2.05, 4.69) is 17.9 Å². The number of likely N-dealkylation sites (tertiary alicyclic amines) is 1. The van der Waals surface area contributed by atoms with Crippen molar-refractivity contribution in [3.05, 3.63) is 11.6 Å². The fourth-order valence-electron chi connectivity index (χ4n) is 3.07. The number of nitrogens with zero attached hydrogens (tertiary/aromatic N) is 1. The molecule has 2 nitrogen and oxygen atoms in total. The third kappa shape index (κ3) is 2.67. The van der Waals surface area contributed by atoms with Crippen LogP contribution in [-0.4, -0.2) is 35.2 Å². The van der Waals surface area contributed by atoms with E-state index in [1.165, 1.54) is 24.8 Å². The van der Waals surface area contributed by atoms with Gasteiger partial charge in [-0.25, -0.2) is 0 Å². The summed E-state index contributed by atoms with van der Waals surface area (Å²) in [7, 11) is 0. The molecule has 1 heterocycles. The van der Waals surface area contributed by atoms with E-state index in [4.69, 9.17) is 0 Å². The van der Waals surface area contributed by atoms with Crippen molar-refractivity contribution in [1.29, 1.82) is 0 Å². The summed E-state index contributed by atoms with van der Waals surface area (Å²) in [6, 6.07) is 0. The van der Waals surface area contributed by atoms with Gasteiger partial charge in [-0.05, 0) is 63.6 Å². The minimum absolute atomic E-state index is 0.468. The van der Waals surface area contributed by atoms with Gasteiger partial charge < -0.3 is 10.0 Å². The largest absolute Gasteiger partial charge is 0.385 e. The second kappa shape index (κ2) is 5.33. The average Bonchev–Trinajstić information content (AvgIpc) is 2.53. The van der Waals surface area contributed by atoms with Crippen LogP contribution in [0.2, 0.25) is 0 Å². The molecule has 1 unspecified atom stereocenters. The third-order valence-corrected chi connectivity index (χ3v) is 4.24. The van der Waals surface area contributed by atoms with Gasteiger partial charge in [0.1, 0.15) is 0 Å². The molecule has 1 saturated heterocycles. The van der Waals surface area contributed by atoms with Crippen LogP contribution in [0.15, 0.2) is 11.6 Å². The van der Waals surface area contributed by atoms with Crippen LogP contribution in [0.1, 0.15) is 51.9 Å². The predicted molar refractivity (Wildman–Crippen MR) is 67.5 cm³/mol. The Balaban J connectivity index is 2.03. The molecule has 0 aromatic carbocycles. The molecule has 1 aliphatic heterocycles. The molecule has 16 heavy (non-hydrogen) atoms. The first-order chi connectivity index (χ1) is 7.74. The first-order valence-electron chi connectivity index (χ1n) is 6.89. The topological polar surface area (TPSA) is 23.5 Å². The summed E-state index contributed by atoms with van der Waals surface area (Å²) in [5.41, 5.74) is 0.876. The zero-order chi connectivity index (χ0) is 11.4. The first kappa shape index (κ1) is 12.1. The van der Waals surface area contributed by atoms with Crippen LogP contribution in [-0.2, 0) is 0 Å². The second-order valence-corrected chi connectivity index (χ2v) is 5.29. The molecule has 0 aromatic heterocycles. The molecule has 0 spiro atoms. The Kier molecular flexibility index (Phi) is 4.04. The average molecular weight is 223 g/mol. The highest BCUT2D eigenvalue weighted by Gasteiger charge is 2.33. The smallest absolute Gasteiger partial charge is 0.0869 e. The lowest BCUT2D eigenvalue weighted by molar-refractivity contribution is 0.0574. The standard InChI is InChI=1S/C14H25NO/c1-2-15-11-6-9-14(16,10-12-15)13-7-4-3-5-8-13/h7,16H,2-6,8-12H2,1H3. The van der Waals surface area contributed by atoms with Gasteiger partial charge in [-0.2, -0.15) is 0 Å². The minimum Gasteiger partial charge on any atom is -0.385 e. The van der Waals surface area contributed by atoms with Crippen molar-refractivity contribution in [1.82, 2.24) is 4.90 Å². The second-order valence-electron chi connectivity index (χ2n) is 5.29. The first-order valence-corrected chi connectivity index (χ1v) is 6.89. The number of hydrogen-bond acceptors (Lipinski definition) is 2. The Labute approximate surface area is 99.3 Å². The van der Waals surface area contributed by atoms with Crippen molar-refractivity contribution in [2.45, 2.75) is 57.5 Å². The Morgan fingerprint density at radius 1 is 1.25 bits per heavy atom. The highest BCUT2D eigenvalue weighted by Crippen LogP contribution is 2.35. The van der Waals surface area contributed by atoms with Gasteiger partial charge in [0.05, 0.1) is 5.60 Å². The summed E-state index contributed by atoms with van der Waals surface area (Å²) in [4.78, 5) is 2.46. The molecule has 2 aliphatic rings. The molecule has 0 amide bonds. The lowest BCUT2D eigenvalue weighted by Crippen LogP contribution is -2.33. The summed E-state index contributed by atoms with van der Waals surface area (Å²) in [6.45, 7) is 5.55. The van der Waals surface area contributed by atoms with E-state index in [1.54, 1.807) is 0 Å². The van der Waals surface area contributed by atoms with Crippen LogP contribution in [0.3, 0.4) is 0 Å². The summed E-state index contributed by atoms with van der Waals surface area (Å²) >= 11 is 0. The van der Waals surface area contributed by atoms with Crippen molar-refractivity contribution in [3.63, 3.8) is 0 Å². The fourth-order valence-corrected chi connectivity index (χ4v) is 3.07. The lowest BCUT2D eigenvalue weighted by Gasteiger charge is -2.32. The number of hydrogen-bond donors (Lipinski definition) is 1. The SMILES string of the molecule is CCN1CCCC(O)(C2=CCCCC2)CC1. The molecule has 0 bridgehead atoms. The maximum Gasteiger partial charge on any atom is 0.0869 e. The van der Waals surface area contributed by atoms with Gasteiger partial charge in [-0.15, -0.1) is 0 Å². The summed E-state index contributed by atoms with van der Waals surface area (Å²) in [6.07, 6.45) is 10.2. The molecular weight excluding hydrogens is 198 g/mol. The van der Waals surface area contributed by atoms with Crippen molar-refractivity contribution >= 4 is 0 Å². The van der Waals surface area contributed by atoms with Gasteiger partial charge in [0.25, 0.3) is 0 Å². The van der Waals surface area contributed by atoms with Crippen LogP contribution >= 0.6 is 0 Å². The molecular formula is C14H25NO. The third-order valence-electron chi connectivity index (χ3n) is 4.24. The molecule has 1 N–H and O–H groups in total. The fraction of sp³-hybridized carbons (Fsp3) is 0.857. The zero-order valence-corrected chi connectivity index (χ0v) is 10.5. The maximum absolute atomic E-state index is 10.8. The quantitative estimate of drug-likeness (QED) is 0.728. The molecule has 1 atom stereocenters. The molecule has 0 aromatic rings. The number of rotatable bonds is 2. The maximum atomic E-state index is 10.8. The van der Waals surface area contributed by atoms with Crippen LogP contribution in [0.4, 0.5) is 0 Å². The van der Waals surface area contributed by atoms with Crippen LogP contribution in [0.5, 0.6) is 0 Å². The van der Waals surface area contributed by atoms with E-state index in [9.17, 15) is 5.11 Å². The van der Waals surface area contributed by atoms with E-state index < -0.39 is 5.60 Å². The molecule has 1 fully saturated rings. The van der Waals surface area contributed by atoms with Gasteiger partial charge in [0.2, 0.25) is 0 Å². The van der Waals surface area contributed by atoms with E-state index in [1.807, 2.05) is 0 Å². The van der Waals surface area contributed by atoms with Crippen LogP contribution < -0.4 is 0 Å². The molecule has 2 rings (SSSR count). The van der Waals surface area contributed by atoms with Crippen LogP contribution in [0, 0.1) is 0 Å². The van der Waals surface area contributed by atoms with Gasteiger partial charge in [0, 0.05) is 6.54 Å². The van der Waals surface area contributed by atoms with E-state index in [-0.39, 0.29) is 0 Å². The highest BCUT2D eigenvalue weighted by atomic mass is 16.3. The van der Waals surface area contributed by atoms with E-state index in [0.29, 0.717) is 0 Å². The molecule has 2 heteroatoms. The van der Waals surface area contributed by atoms with E-state index >= 15 is 0 Å². The van der Waals surface area contributed by atoms with Gasteiger partial charge in [0.15, 0.2) is 0 Å². The predicted octanol–water partition coefficient (Wildman–Crippen LogP) is 2.72. The van der Waals surface area contributed by atoms with Crippen LogP contribution in [0.25, 0.3) is 0 Å². The summed E-state index contributed by atoms with van der Waals surface area (Å²) < 4.78 is 0. The zero-order valence-electron chi connectivity index (χ0n) is 10.5.